The Labute approximate surface area is 178 Å². The molecule has 0 saturated heterocycles. The molecule has 0 amide bonds. The molecule has 2 aliphatic rings. The molecule has 2 aliphatic heterocycles. The smallest absolute Gasteiger partial charge is 0.215 e. The van der Waals surface area contributed by atoms with Gasteiger partial charge in [0.25, 0.3) is 0 Å². The van der Waals surface area contributed by atoms with Crippen LogP contribution in [0.4, 0.5) is 0 Å². The summed E-state index contributed by atoms with van der Waals surface area (Å²) in [7, 11) is 0. The summed E-state index contributed by atoms with van der Waals surface area (Å²) in [4.78, 5) is 0. The van der Waals surface area contributed by atoms with Crippen molar-refractivity contribution in [2.75, 3.05) is 0 Å². The molecule has 3 aromatic rings. The highest BCUT2D eigenvalue weighted by Crippen LogP contribution is 2.48. The number of fused-ring (bicyclic) bond motifs is 3. The van der Waals surface area contributed by atoms with Gasteiger partial charge in [-0.3, -0.25) is 0 Å². The number of rotatable bonds is 2. The molecule has 2 heterocycles. The molecule has 0 N–H and O–H groups in total. The topological polar surface area (TPSA) is 24.8 Å². The van der Waals surface area contributed by atoms with Crippen molar-refractivity contribution >= 4 is 40.5 Å². The lowest BCUT2D eigenvalue weighted by Crippen LogP contribution is -2.33. The second kappa shape index (κ2) is 7.00. The number of halogens is 3. The first-order valence-electron chi connectivity index (χ1n) is 8.92. The highest BCUT2D eigenvalue weighted by Gasteiger charge is 2.41. The molecule has 28 heavy (non-hydrogen) atoms. The molecule has 0 saturated carbocycles. The minimum atomic E-state index is -0.422. The zero-order valence-corrected chi connectivity index (χ0v) is 16.9. The first kappa shape index (κ1) is 17.9. The van der Waals surface area contributed by atoms with Crippen LogP contribution in [-0.4, -0.2) is 10.7 Å². The van der Waals surface area contributed by atoms with E-state index in [4.69, 9.17) is 44.6 Å². The molecule has 0 aromatic heterocycles. The van der Waals surface area contributed by atoms with Crippen molar-refractivity contribution in [2.24, 2.45) is 5.10 Å². The Balaban J connectivity index is 1.61. The zero-order valence-electron chi connectivity index (χ0n) is 14.6. The summed E-state index contributed by atoms with van der Waals surface area (Å²) in [6.45, 7) is 0. The Hall–Kier alpha value is -2.20. The predicted octanol–water partition coefficient (Wildman–Crippen LogP) is 6.89. The molecular weight excluding hydrogens is 415 g/mol. The SMILES string of the molecule is Clc1ccc(C2=NN3[C@H](C2)c2ccccc2O[C@@H]3c2ccc(Cl)cc2Cl)cc1. The first-order valence-corrected chi connectivity index (χ1v) is 10.1. The normalized spacial score (nSPS) is 20.2. The second-order valence-corrected chi connectivity index (χ2v) is 8.11. The van der Waals surface area contributed by atoms with Crippen LogP contribution in [0.25, 0.3) is 0 Å². The van der Waals surface area contributed by atoms with Gasteiger partial charge in [-0.05, 0) is 35.9 Å². The number of hydrogen-bond acceptors (Lipinski definition) is 3. The zero-order chi connectivity index (χ0) is 19.3. The maximum atomic E-state index is 6.50. The first-order chi connectivity index (χ1) is 13.6. The van der Waals surface area contributed by atoms with Gasteiger partial charge >= 0.3 is 0 Å². The van der Waals surface area contributed by atoms with Crippen molar-refractivity contribution in [2.45, 2.75) is 18.7 Å². The average Bonchev–Trinajstić information content (AvgIpc) is 3.14. The van der Waals surface area contributed by atoms with Gasteiger partial charge in [0.05, 0.1) is 16.8 Å². The average molecular weight is 430 g/mol. The maximum Gasteiger partial charge on any atom is 0.215 e. The third-order valence-corrected chi connectivity index (χ3v) is 5.92. The van der Waals surface area contributed by atoms with Crippen LogP contribution in [0, 0.1) is 0 Å². The summed E-state index contributed by atoms with van der Waals surface area (Å²) in [6.07, 6.45) is 0.360. The summed E-state index contributed by atoms with van der Waals surface area (Å²) in [5.74, 6) is 0.854. The Bertz CT molecular complexity index is 1080. The van der Waals surface area contributed by atoms with Crippen LogP contribution in [0.5, 0.6) is 5.75 Å². The summed E-state index contributed by atoms with van der Waals surface area (Å²) in [6, 6.07) is 21.4. The predicted molar refractivity (Wildman–Crippen MR) is 113 cm³/mol. The van der Waals surface area contributed by atoms with E-state index in [2.05, 4.69) is 6.07 Å². The van der Waals surface area contributed by atoms with E-state index in [0.717, 1.165) is 34.6 Å². The van der Waals surface area contributed by atoms with Gasteiger partial charge < -0.3 is 4.74 Å². The van der Waals surface area contributed by atoms with Gasteiger partial charge in [-0.15, -0.1) is 0 Å². The van der Waals surface area contributed by atoms with E-state index in [-0.39, 0.29) is 6.04 Å². The molecule has 0 fully saturated rings. The lowest BCUT2D eigenvalue weighted by molar-refractivity contribution is -0.0189. The van der Waals surface area contributed by atoms with E-state index in [0.29, 0.717) is 15.1 Å². The largest absolute Gasteiger partial charge is 0.464 e. The van der Waals surface area contributed by atoms with Crippen molar-refractivity contribution in [3.05, 3.63) is 98.5 Å². The fourth-order valence-electron chi connectivity index (χ4n) is 3.76. The van der Waals surface area contributed by atoms with E-state index in [9.17, 15) is 0 Å². The molecule has 2 atom stereocenters. The van der Waals surface area contributed by atoms with Crippen molar-refractivity contribution in [1.29, 1.82) is 0 Å². The Kier molecular flexibility index (Phi) is 4.47. The summed E-state index contributed by atoms with van der Waals surface area (Å²) >= 11 is 18.6. The monoisotopic (exact) mass is 428 g/mol. The molecule has 3 aromatic carbocycles. The molecule has 0 spiro atoms. The van der Waals surface area contributed by atoms with Crippen LogP contribution in [-0.2, 0) is 0 Å². The third-order valence-electron chi connectivity index (χ3n) is 5.11. The Morgan fingerprint density at radius 3 is 2.39 bits per heavy atom. The van der Waals surface area contributed by atoms with Crippen LogP contribution in [0.2, 0.25) is 15.1 Å². The number of hydrazone groups is 1. The molecule has 0 bridgehead atoms. The van der Waals surface area contributed by atoms with Crippen molar-refractivity contribution in [3.63, 3.8) is 0 Å². The van der Waals surface area contributed by atoms with E-state index >= 15 is 0 Å². The highest BCUT2D eigenvalue weighted by molar-refractivity contribution is 6.35. The van der Waals surface area contributed by atoms with E-state index in [1.165, 1.54) is 0 Å². The lowest BCUT2D eigenvalue weighted by Gasteiger charge is -2.38. The number of nitrogens with zero attached hydrogens (tertiary/aromatic N) is 2. The Morgan fingerprint density at radius 2 is 1.61 bits per heavy atom. The van der Waals surface area contributed by atoms with Crippen molar-refractivity contribution in [1.82, 2.24) is 5.01 Å². The van der Waals surface area contributed by atoms with Gasteiger partial charge in [-0.2, -0.15) is 5.10 Å². The van der Waals surface area contributed by atoms with Crippen LogP contribution in [0.3, 0.4) is 0 Å². The second-order valence-electron chi connectivity index (χ2n) is 6.83. The van der Waals surface area contributed by atoms with E-state index in [1.54, 1.807) is 6.07 Å². The molecule has 6 heteroatoms. The minimum absolute atomic E-state index is 0.0763. The summed E-state index contributed by atoms with van der Waals surface area (Å²) in [5.41, 5.74) is 4.01. The number of ether oxygens (including phenoxy) is 1. The molecule has 140 valence electrons. The standard InChI is InChI=1S/C22H15Cl3N2O/c23-14-7-5-13(6-8-14)19-12-20-17-3-1-2-4-21(17)28-22(27(20)26-19)16-10-9-15(24)11-18(16)25/h1-11,20,22H,12H2/t20-,22-/m1/s1. The third kappa shape index (κ3) is 3.04. The number of para-hydroxylation sites is 1. The van der Waals surface area contributed by atoms with Crippen molar-refractivity contribution < 1.29 is 4.74 Å². The molecule has 5 rings (SSSR count). The Morgan fingerprint density at radius 1 is 0.857 bits per heavy atom. The number of hydrogen-bond donors (Lipinski definition) is 0. The van der Waals surface area contributed by atoms with E-state index < -0.39 is 6.23 Å². The molecule has 3 nitrogen and oxygen atoms in total. The van der Waals surface area contributed by atoms with Gasteiger partial charge in [0.2, 0.25) is 6.23 Å². The van der Waals surface area contributed by atoms with Gasteiger partial charge in [-0.1, -0.05) is 71.2 Å². The number of benzene rings is 3. The fraction of sp³-hybridized carbons (Fsp3) is 0.136. The van der Waals surface area contributed by atoms with Crippen LogP contribution in [0.15, 0.2) is 71.8 Å². The summed E-state index contributed by atoms with van der Waals surface area (Å²) < 4.78 is 6.33. The quantitative estimate of drug-likeness (QED) is 0.443. The van der Waals surface area contributed by atoms with Crippen LogP contribution >= 0.6 is 34.8 Å². The highest BCUT2D eigenvalue weighted by atomic mass is 35.5. The van der Waals surface area contributed by atoms with Crippen LogP contribution < -0.4 is 4.74 Å². The minimum Gasteiger partial charge on any atom is -0.464 e. The van der Waals surface area contributed by atoms with Gasteiger partial charge in [0, 0.05) is 27.6 Å². The lowest BCUT2D eigenvalue weighted by atomic mass is 9.96. The summed E-state index contributed by atoms with van der Waals surface area (Å²) in [5, 5.41) is 8.78. The van der Waals surface area contributed by atoms with Gasteiger partial charge in [-0.25, -0.2) is 5.01 Å². The molecule has 0 aliphatic carbocycles. The van der Waals surface area contributed by atoms with Gasteiger partial charge in [0.15, 0.2) is 0 Å². The van der Waals surface area contributed by atoms with E-state index in [1.807, 2.05) is 59.6 Å². The maximum absolute atomic E-state index is 6.50. The molecule has 0 radical (unpaired) electrons. The van der Waals surface area contributed by atoms with Crippen molar-refractivity contribution in [3.8, 4) is 5.75 Å². The fourth-order valence-corrected chi connectivity index (χ4v) is 4.39. The van der Waals surface area contributed by atoms with Gasteiger partial charge in [0.1, 0.15) is 5.75 Å². The molecular formula is C22H15Cl3N2O. The van der Waals surface area contributed by atoms with Crippen LogP contribution in [0.1, 0.15) is 35.4 Å². The molecule has 0 unspecified atom stereocenters.